The van der Waals surface area contributed by atoms with Gasteiger partial charge in [0.1, 0.15) is 0 Å². The molecule has 4 heteroatoms. The smallest absolute Gasteiger partial charge is 0.311 e. The zero-order valence-electron chi connectivity index (χ0n) is 7.88. The van der Waals surface area contributed by atoms with Gasteiger partial charge in [0.25, 0.3) is 0 Å². The second-order valence-electron chi connectivity index (χ2n) is 6.01. The van der Waals surface area contributed by atoms with E-state index in [1.165, 1.54) is 0 Å². The van der Waals surface area contributed by atoms with Crippen LogP contribution in [-0.2, 0) is 9.59 Å². The predicted molar refractivity (Wildman–Crippen MR) is 45.7 cm³/mol. The molecular formula is C11H10O4. The molecule has 6 fully saturated rings. The average Bonchev–Trinajstić information content (AvgIpc) is 2.90. The van der Waals surface area contributed by atoms with E-state index in [1.807, 2.05) is 0 Å². The first-order valence-electron chi connectivity index (χ1n) is 5.58. The number of carboxylic acid groups (broad SMARTS) is 2. The highest BCUT2D eigenvalue weighted by Crippen LogP contribution is 3.04. The van der Waals surface area contributed by atoms with E-state index in [0.29, 0.717) is 11.8 Å². The number of aliphatic carboxylic acids is 2. The summed E-state index contributed by atoms with van der Waals surface area (Å²) in [6, 6.07) is 0. The van der Waals surface area contributed by atoms with Gasteiger partial charge in [-0.3, -0.25) is 9.59 Å². The maximum Gasteiger partial charge on any atom is 0.311 e. The molecule has 6 aliphatic carbocycles. The van der Waals surface area contributed by atoms with E-state index in [9.17, 15) is 19.8 Å². The van der Waals surface area contributed by atoms with Crippen molar-refractivity contribution in [1.29, 1.82) is 0 Å². The molecule has 0 saturated heterocycles. The molecule has 78 valence electrons. The highest BCUT2D eigenvalue weighted by Gasteiger charge is 3.08. The van der Waals surface area contributed by atoms with E-state index in [-0.39, 0.29) is 23.7 Å². The first-order valence-corrected chi connectivity index (χ1v) is 5.58. The Hall–Kier alpha value is -1.06. The minimum atomic E-state index is -0.822. The average molecular weight is 206 g/mol. The third-order valence-electron chi connectivity index (χ3n) is 6.44. The highest BCUT2D eigenvalue weighted by molar-refractivity contribution is 5.98. The number of rotatable bonds is 2. The molecule has 0 amide bonds. The maximum absolute atomic E-state index is 11.5. The minimum Gasteiger partial charge on any atom is -0.481 e. The maximum atomic E-state index is 11.5. The van der Waals surface area contributed by atoms with Gasteiger partial charge in [-0.1, -0.05) is 0 Å². The van der Waals surface area contributed by atoms with Crippen LogP contribution in [0.25, 0.3) is 0 Å². The first-order chi connectivity index (χ1) is 7.11. The Balaban J connectivity index is 1.84. The van der Waals surface area contributed by atoms with E-state index >= 15 is 0 Å². The molecule has 0 aromatic carbocycles. The Bertz CT molecular complexity index is 405. The number of carbonyl (C=O) groups is 2. The van der Waals surface area contributed by atoms with Crippen LogP contribution in [0, 0.1) is 46.3 Å². The lowest BCUT2D eigenvalue weighted by Gasteiger charge is -2.16. The second-order valence-corrected chi connectivity index (χ2v) is 6.01. The van der Waals surface area contributed by atoms with Crippen molar-refractivity contribution in [2.75, 3.05) is 0 Å². The van der Waals surface area contributed by atoms with Crippen LogP contribution in [0.2, 0.25) is 0 Å². The molecule has 2 N–H and O–H groups in total. The van der Waals surface area contributed by atoms with Crippen LogP contribution >= 0.6 is 0 Å². The van der Waals surface area contributed by atoms with Crippen LogP contribution in [0.1, 0.15) is 6.42 Å². The summed E-state index contributed by atoms with van der Waals surface area (Å²) in [4.78, 5) is 22.9. The molecule has 2 bridgehead atoms. The van der Waals surface area contributed by atoms with Gasteiger partial charge in [-0.05, 0) is 41.9 Å². The topological polar surface area (TPSA) is 74.6 Å². The van der Waals surface area contributed by atoms with Crippen molar-refractivity contribution in [3.05, 3.63) is 0 Å². The van der Waals surface area contributed by atoms with Gasteiger partial charge in [0, 0.05) is 0 Å². The third kappa shape index (κ3) is 0.336. The summed E-state index contributed by atoms with van der Waals surface area (Å²) >= 11 is 0. The van der Waals surface area contributed by atoms with Crippen molar-refractivity contribution in [2.24, 2.45) is 46.3 Å². The van der Waals surface area contributed by atoms with Crippen LogP contribution in [0.3, 0.4) is 0 Å². The molecule has 0 spiro atoms. The predicted octanol–water partition coefficient (Wildman–Crippen LogP) is 0.284. The first kappa shape index (κ1) is 7.25. The Morgan fingerprint density at radius 3 is 1.47 bits per heavy atom. The van der Waals surface area contributed by atoms with Gasteiger partial charge in [0.15, 0.2) is 0 Å². The fourth-order valence-corrected chi connectivity index (χ4v) is 6.68. The molecule has 0 heterocycles. The molecule has 6 saturated carbocycles. The van der Waals surface area contributed by atoms with Gasteiger partial charge in [0.2, 0.25) is 0 Å². The monoisotopic (exact) mass is 206 g/mol. The fraction of sp³-hybridized carbons (Fsp3) is 0.818. The Morgan fingerprint density at radius 2 is 1.20 bits per heavy atom. The van der Waals surface area contributed by atoms with Gasteiger partial charge in [0.05, 0.1) is 10.8 Å². The number of hydrogen-bond donors (Lipinski definition) is 2. The molecule has 0 radical (unpaired) electrons. The zero-order chi connectivity index (χ0) is 10.3. The number of hydrogen-bond acceptors (Lipinski definition) is 2. The fourth-order valence-electron chi connectivity index (χ4n) is 6.68. The van der Waals surface area contributed by atoms with Crippen LogP contribution in [0.15, 0.2) is 0 Å². The molecule has 4 nitrogen and oxygen atoms in total. The lowest BCUT2D eigenvalue weighted by atomic mass is 9.86. The Morgan fingerprint density at radius 1 is 0.867 bits per heavy atom. The standard InChI is InChI=1S/C11H10O4/c12-8(13)10-4-2-1-3(6(4)10)7-5(2)11(7,10)9(14)15/h2-7H,1H2,(H,12,13)(H,14,15)/t2?,3?,4-,5-,6-,7+,10?,11?/m0/s1. The van der Waals surface area contributed by atoms with Gasteiger partial charge in [-0.15, -0.1) is 0 Å². The van der Waals surface area contributed by atoms with Crippen molar-refractivity contribution in [3.8, 4) is 0 Å². The molecular weight excluding hydrogens is 196 g/mol. The van der Waals surface area contributed by atoms with Crippen LogP contribution in [0.5, 0.6) is 0 Å². The minimum absolute atomic E-state index is 0.228. The molecule has 0 aromatic rings. The van der Waals surface area contributed by atoms with Crippen LogP contribution in [0.4, 0.5) is 0 Å². The van der Waals surface area contributed by atoms with Crippen molar-refractivity contribution in [2.45, 2.75) is 6.42 Å². The van der Waals surface area contributed by atoms with Crippen LogP contribution < -0.4 is 0 Å². The lowest BCUT2D eigenvalue weighted by Crippen LogP contribution is -2.34. The summed E-state index contributed by atoms with van der Waals surface area (Å²) in [6.07, 6.45) is 1.12. The molecule has 0 aromatic heterocycles. The molecule has 6 aliphatic rings. The zero-order valence-corrected chi connectivity index (χ0v) is 7.88. The Kier molecular flexibility index (Phi) is 0.691. The normalized spacial score (nSPS) is 73.3. The summed E-state index contributed by atoms with van der Waals surface area (Å²) < 4.78 is 0. The summed E-state index contributed by atoms with van der Waals surface area (Å²) in [7, 11) is 0. The Labute approximate surface area is 85.3 Å². The SMILES string of the molecule is O=C(O)C12[C@@H]3C4CC([C@@H]31)[C@H]1[C@H]4C12C(=O)O. The van der Waals surface area contributed by atoms with Crippen LogP contribution in [-0.4, -0.2) is 22.2 Å². The largest absolute Gasteiger partial charge is 0.481 e. The summed E-state index contributed by atoms with van der Waals surface area (Å²) in [5.41, 5.74) is -1.64. The van der Waals surface area contributed by atoms with E-state index in [1.54, 1.807) is 0 Å². The van der Waals surface area contributed by atoms with Crippen molar-refractivity contribution in [3.63, 3.8) is 0 Å². The second kappa shape index (κ2) is 1.43. The lowest BCUT2D eigenvalue weighted by molar-refractivity contribution is -0.158. The molecule has 6 rings (SSSR count). The van der Waals surface area contributed by atoms with Gasteiger partial charge >= 0.3 is 11.9 Å². The van der Waals surface area contributed by atoms with Gasteiger partial charge in [-0.25, -0.2) is 0 Å². The van der Waals surface area contributed by atoms with E-state index in [2.05, 4.69) is 0 Å². The molecule has 8 atom stereocenters. The quantitative estimate of drug-likeness (QED) is 0.680. The summed E-state index contributed by atoms with van der Waals surface area (Å²) in [5, 5.41) is 18.8. The van der Waals surface area contributed by atoms with Crippen molar-refractivity contribution < 1.29 is 19.8 Å². The number of carboxylic acids is 2. The van der Waals surface area contributed by atoms with Gasteiger partial charge in [-0.2, -0.15) is 0 Å². The molecule has 4 unspecified atom stereocenters. The molecule has 0 aliphatic heterocycles. The van der Waals surface area contributed by atoms with E-state index in [4.69, 9.17) is 0 Å². The van der Waals surface area contributed by atoms with E-state index in [0.717, 1.165) is 6.42 Å². The van der Waals surface area contributed by atoms with Crippen molar-refractivity contribution in [1.82, 2.24) is 0 Å². The third-order valence-corrected chi connectivity index (χ3v) is 6.44. The van der Waals surface area contributed by atoms with E-state index < -0.39 is 22.8 Å². The molecule has 15 heavy (non-hydrogen) atoms. The summed E-state index contributed by atoms with van der Waals surface area (Å²) in [6.45, 7) is 0. The summed E-state index contributed by atoms with van der Waals surface area (Å²) in [5.74, 6) is 0.151. The van der Waals surface area contributed by atoms with Crippen molar-refractivity contribution >= 4 is 11.9 Å². The highest BCUT2D eigenvalue weighted by atomic mass is 16.4. The van der Waals surface area contributed by atoms with Gasteiger partial charge < -0.3 is 10.2 Å².